The number of carbonyl (C=O) groups is 1. The highest BCUT2D eigenvalue weighted by Crippen LogP contribution is 2.25. The van der Waals surface area contributed by atoms with Crippen molar-refractivity contribution in [1.82, 2.24) is 5.32 Å². The molecule has 1 saturated carbocycles. The topological polar surface area (TPSA) is 47.6 Å². The normalized spacial score (nSPS) is 18.4. The van der Waals surface area contributed by atoms with E-state index in [0.717, 1.165) is 24.5 Å². The highest BCUT2D eigenvalue weighted by atomic mass is 32.2. The minimum atomic E-state index is -0.547. The lowest BCUT2D eigenvalue weighted by Gasteiger charge is -2.28. The molecule has 0 spiro atoms. The summed E-state index contributed by atoms with van der Waals surface area (Å²) in [5.74, 6) is 1.64. The van der Waals surface area contributed by atoms with Gasteiger partial charge in [0.2, 0.25) is 0 Å². The molecule has 106 valence electrons. The van der Waals surface area contributed by atoms with Crippen molar-refractivity contribution in [2.45, 2.75) is 44.7 Å². The maximum absolute atomic E-state index is 12.0. The molecule has 1 N–H and O–H groups in total. The third-order valence-electron chi connectivity index (χ3n) is 2.85. The second-order valence-electron chi connectivity index (χ2n) is 4.87. The Bertz CT molecular complexity index is 259. The van der Waals surface area contributed by atoms with Crippen LogP contribution in [0.2, 0.25) is 0 Å². The van der Waals surface area contributed by atoms with Crippen molar-refractivity contribution < 1.29 is 14.3 Å². The van der Waals surface area contributed by atoms with E-state index in [2.05, 4.69) is 5.32 Å². The Morgan fingerprint density at radius 1 is 1.50 bits per heavy atom. The number of carbonyl (C=O) groups excluding carboxylic acids is 1. The van der Waals surface area contributed by atoms with E-state index in [1.54, 1.807) is 18.9 Å². The molecule has 1 atom stereocenters. The average Bonchev–Trinajstić information content (AvgIpc) is 3.13. The summed E-state index contributed by atoms with van der Waals surface area (Å²) in [4.78, 5) is 12.0. The van der Waals surface area contributed by atoms with Crippen LogP contribution in [0.25, 0.3) is 0 Å². The van der Waals surface area contributed by atoms with E-state index in [1.165, 1.54) is 12.8 Å². The van der Waals surface area contributed by atoms with Crippen LogP contribution in [0.1, 0.15) is 33.1 Å². The SMILES string of the molecule is CCOC(=O)C(C)(CSCCCOC)NC1CC1. The number of hydrogen-bond donors (Lipinski definition) is 1. The van der Waals surface area contributed by atoms with Crippen LogP contribution in [-0.2, 0) is 14.3 Å². The van der Waals surface area contributed by atoms with Crippen molar-refractivity contribution in [1.29, 1.82) is 0 Å². The van der Waals surface area contributed by atoms with Gasteiger partial charge >= 0.3 is 5.97 Å². The van der Waals surface area contributed by atoms with Crippen LogP contribution in [0.5, 0.6) is 0 Å². The van der Waals surface area contributed by atoms with Gasteiger partial charge in [0, 0.05) is 25.5 Å². The minimum absolute atomic E-state index is 0.129. The molecule has 0 saturated heterocycles. The predicted molar refractivity (Wildman–Crippen MR) is 75.0 cm³/mol. The summed E-state index contributed by atoms with van der Waals surface area (Å²) < 4.78 is 10.2. The van der Waals surface area contributed by atoms with E-state index in [0.29, 0.717) is 12.6 Å². The molecule has 1 unspecified atom stereocenters. The van der Waals surface area contributed by atoms with E-state index in [1.807, 2.05) is 13.8 Å². The maximum atomic E-state index is 12.0. The molecule has 1 aliphatic carbocycles. The van der Waals surface area contributed by atoms with Gasteiger partial charge in [0.15, 0.2) is 0 Å². The van der Waals surface area contributed by atoms with Crippen LogP contribution >= 0.6 is 11.8 Å². The molecule has 1 aliphatic rings. The van der Waals surface area contributed by atoms with Crippen LogP contribution in [0.15, 0.2) is 0 Å². The van der Waals surface area contributed by atoms with E-state index < -0.39 is 5.54 Å². The number of hydrogen-bond acceptors (Lipinski definition) is 5. The molecule has 1 fully saturated rings. The molecule has 0 aromatic rings. The molecule has 1 rings (SSSR count). The van der Waals surface area contributed by atoms with Gasteiger partial charge in [0.25, 0.3) is 0 Å². The third kappa shape index (κ3) is 5.59. The summed E-state index contributed by atoms with van der Waals surface area (Å²) in [5, 5.41) is 3.42. The van der Waals surface area contributed by atoms with Crippen molar-refractivity contribution >= 4 is 17.7 Å². The van der Waals surface area contributed by atoms with Gasteiger partial charge in [-0.2, -0.15) is 11.8 Å². The van der Waals surface area contributed by atoms with Crippen molar-refractivity contribution in [3.8, 4) is 0 Å². The minimum Gasteiger partial charge on any atom is -0.465 e. The van der Waals surface area contributed by atoms with Crippen LogP contribution in [-0.4, -0.2) is 49.4 Å². The zero-order valence-corrected chi connectivity index (χ0v) is 12.5. The van der Waals surface area contributed by atoms with Crippen LogP contribution in [0.3, 0.4) is 0 Å². The molecule has 0 aliphatic heterocycles. The summed E-state index contributed by atoms with van der Waals surface area (Å²) >= 11 is 1.78. The second-order valence-corrected chi connectivity index (χ2v) is 5.98. The largest absolute Gasteiger partial charge is 0.465 e. The van der Waals surface area contributed by atoms with Crippen molar-refractivity contribution in [2.24, 2.45) is 0 Å². The molecule has 18 heavy (non-hydrogen) atoms. The number of esters is 1. The first-order valence-corrected chi connectivity index (χ1v) is 7.79. The molecule has 5 heteroatoms. The van der Waals surface area contributed by atoms with Crippen LogP contribution < -0.4 is 5.32 Å². The fourth-order valence-electron chi connectivity index (χ4n) is 1.71. The van der Waals surface area contributed by atoms with Crippen molar-refractivity contribution in [2.75, 3.05) is 31.8 Å². The van der Waals surface area contributed by atoms with E-state index in [4.69, 9.17) is 9.47 Å². The molecule has 0 aromatic carbocycles. The molecular formula is C13H25NO3S. The Hall–Kier alpha value is -0.260. The molecule has 0 amide bonds. The first-order valence-electron chi connectivity index (χ1n) is 6.64. The molecule has 0 radical (unpaired) electrons. The van der Waals surface area contributed by atoms with Gasteiger partial charge in [0.1, 0.15) is 5.54 Å². The van der Waals surface area contributed by atoms with Crippen molar-refractivity contribution in [3.05, 3.63) is 0 Å². The Labute approximate surface area is 114 Å². The quantitative estimate of drug-likeness (QED) is 0.487. The van der Waals surface area contributed by atoms with Crippen LogP contribution in [0, 0.1) is 0 Å². The van der Waals surface area contributed by atoms with Gasteiger partial charge in [0.05, 0.1) is 6.61 Å². The fourth-order valence-corrected chi connectivity index (χ4v) is 2.79. The lowest BCUT2D eigenvalue weighted by Crippen LogP contribution is -2.53. The van der Waals surface area contributed by atoms with Crippen LogP contribution in [0.4, 0.5) is 0 Å². The lowest BCUT2D eigenvalue weighted by molar-refractivity contribution is -0.149. The monoisotopic (exact) mass is 275 g/mol. The van der Waals surface area contributed by atoms with Gasteiger partial charge in [-0.05, 0) is 38.9 Å². The van der Waals surface area contributed by atoms with Gasteiger partial charge in [-0.25, -0.2) is 0 Å². The number of ether oxygens (including phenoxy) is 2. The highest BCUT2D eigenvalue weighted by molar-refractivity contribution is 7.99. The molecule has 0 aromatic heterocycles. The Morgan fingerprint density at radius 3 is 2.78 bits per heavy atom. The first kappa shape index (κ1) is 15.8. The van der Waals surface area contributed by atoms with Gasteiger partial charge in [-0.3, -0.25) is 10.1 Å². The molecule has 4 nitrogen and oxygen atoms in total. The first-order chi connectivity index (χ1) is 8.62. The number of rotatable bonds is 10. The zero-order valence-electron chi connectivity index (χ0n) is 11.7. The Morgan fingerprint density at radius 2 is 2.22 bits per heavy atom. The summed E-state index contributed by atoms with van der Waals surface area (Å²) in [6.45, 7) is 5.02. The highest BCUT2D eigenvalue weighted by Gasteiger charge is 2.39. The standard InChI is InChI=1S/C13H25NO3S/c1-4-17-12(15)13(2,14-11-6-7-11)10-18-9-5-8-16-3/h11,14H,4-10H2,1-3H3. The second kappa shape index (κ2) is 8.02. The third-order valence-corrected chi connectivity index (χ3v) is 4.21. The summed E-state index contributed by atoms with van der Waals surface area (Å²) in [7, 11) is 1.71. The predicted octanol–water partition coefficient (Wildman–Crippen LogP) is 1.83. The van der Waals surface area contributed by atoms with E-state index >= 15 is 0 Å². The average molecular weight is 275 g/mol. The Balaban J connectivity index is 2.35. The molecule has 0 bridgehead atoms. The number of methoxy groups -OCH3 is 1. The Kier molecular flexibility index (Phi) is 7.04. The smallest absolute Gasteiger partial charge is 0.326 e. The lowest BCUT2D eigenvalue weighted by atomic mass is 10.1. The molecular weight excluding hydrogens is 250 g/mol. The maximum Gasteiger partial charge on any atom is 0.326 e. The summed E-state index contributed by atoms with van der Waals surface area (Å²) in [6, 6.07) is 0.499. The van der Waals surface area contributed by atoms with Gasteiger partial charge in [-0.1, -0.05) is 0 Å². The fraction of sp³-hybridized carbons (Fsp3) is 0.923. The number of nitrogens with one attached hydrogen (secondary N) is 1. The number of thioether (sulfide) groups is 1. The van der Waals surface area contributed by atoms with E-state index in [9.17, 15) is 4.79 Å². The zero-order chi connectivity index (χ0) is 13.4. The molecule has 0 heterocycles. The summed E-state index contributed by atoms with van der Waals surface area (Å²) in [5.41, 5.74) is -0.547. The van der Waals surface area contributed by atoms with Gasteiger partial charge in [-0.15, -0.1) is 0 Å². The van der Waals surface area contributed by atoms with Crippen molar-refractivity contribution in [3.63, 3.8) is 0 Å². The van der Waals surface area contributed by atoms with Gasteiger partial charge < -0.3 is 9.47 Å². The van der Waals surface area contributed by atoms with E-state index in [-0.39, 0.29) is 5.97 Å². The summed E-state index contributed by atoms with van der Waals surface area (Å²) in [6.07, 6.45) is 3.36.